The first-order valence-electron chi connectivity index (χ1n) is 4.20. The fraction of sp³-hybridized carbons (Fsp3) is 0.875. The highest BCUT2D eigenvalue weighted by Gasteiger charge is 2.12. The Bertz CT molecular complexity index is 140. The van der Waals surface area contributed by atoms with E-state index < -0.39 is 11.3 Å². The second kappa shape index (κ2) is 8.29. The van der Waals surface area contributed by atoms with Crippen LogP contribution in [0.3, 0.4) is 0 Å². The molecule has 0 aliphatic heterocycles. The van der Waals surface area contributed by atoms with Gasteiger partial charge < -0.3 is 14.6 Å². The second-order valence-electron chi connectivity index (χ2n) is 2.49. The SMILES string of the molecule is CCCOCCOCC(Cl)C(=O)O. The highest BCUT2D eigenvalue weighted by Crippen LogP contribution is 1.96. The number of carboxylic acids is 1. The lowest BCUT2D eigenvalue weighted by Gasteiger charge is -2.06. The molecule has 13 heavy (non-hydrogen) atoms. The minimum absolute atomic E-state index is 0.0202. The molecule has 5 heteroatoms. The molecule has 0 amide bonds. The standard InChI is InChI=1S/C8H15ClO4/c1-2-3-12-4-5-13-6-7(9)8(10)11/h7H,2-6H2,1H3,(H,10,11). The van der Waals surface area contributed by atoms with Crippen molar-refractivity contribution in [1.82, 2.24) is 0 Å². The van der Waals surface area contributed by atoms with Gasteiger partial charge in [0.15, 0.2) is 5.38 Å². The van der Waals surface area contributed by atoms with Gasteiger partial charge in [0.2, 0.25) is 0 Å². The van der Waals surface area contributed by atoms with Crippen molar-refractivity contribution < 1.29 is 19.4 Å². The van der Waals surface area contributed by atoms with Gasteiger partial charge in [-0.1, -0.05) is 6.92 Å². The number of rotatable bonds is 8. The molecule has 1 N–H and O–H groups in total. The van der Waals surface area contributed by atoms with Crippen LogP contribution in [0.2, 0.25) is 0 Å². The van der Waals surface area contributed by atoms with Gasteiger partial charge in [0.1, 0.15) is 0 Å². The Morgan fingerprint density at radius 2 is 2.00 bits per heavy atom. The van der Waals surface area contributed by atoms with Crippen LogP contribution in [0, 0.1) is 0 Å². The van der Waals surface area contributed by atoms with E-state index in [-0.39, 0.29) is 6.61 Å². The Balaban J connectivity index is 3.11. The molecule has 0 spiro atoms. The lowest BCUT2D eigenvalue weighted by atomic mass is 10.4. The van der Waals surface area contributed by atoms with Gasteiger partial charge in [-0.3, -0.25) is 4.79 Å². The molecule has 0 aromatic heterocycles. The molecule has 78 valence electrons. The van der Waals surface area contributed by atoms with Crippen molar-refractivity contribution in [1.29, 1.82) is 0 Å². The van der Waals surface area contributed by atoms with Gasteiger partial charge in [0.25, 0.3) is 0 Å². The first-order chi connectivity index (χ1) is 6.18. The van der Waals surface area contributed by atoms with Gasteiger partial charge in [-0.15, -0.1) is 11.6 Å². The molecule has 0 aliphatic rings. The third kappa shape index (κ3) is 8.02. The first kappa shape index (κ1) is 12.7. The average Bonchev–Trinajstić information content (AvgIpc) is 2.10. The quantitative estimate of drug-likeness (QED) is 0.482. The minimum atomic E-state index is -1.06. The van der Waals surface area contributed by atoms with Crippen molar-refractivity contribution in [2.45, 2.75) is 18.7 Å². The zero-order valence-corrected chi connectivity index (χ0v) is 8.42. The second-order valence-corrected chi connectivity index (χ2v) is 3.02. The highest BCUT2D eigenvalue weighted by atomic mass is 35.5. The van der Waals surface area contributed by atoms with E-state index in [0.29, 0.717) is 19.8 Å². The molecule has 1 unspecified atom stereocenters. The molecular weight excluding hydrogens is 196 g/mol. The van der Waals surface area contributed by atoms with E-state index in [1.807, 2.05) is 6.92 Å². The predicted molar refractivity (Wildman–Crippen MR) is 49.2 cm³/mol. The van der Waals surface area contributed by atoms with Crippen molar-refractivity contribution in [3.8, 4) is 0 Å². The molecule has 0 aromatic carbocycles. The van der Waals surface area contributed by atoms with Crippen LogP contribution in [0.25, 0.3) is 0 Å². The molecule has 0 saturated heterocycles. The third-order valence-electron chi connectivity index (χ3n) is 1.25. The number of hydrogen-bond acceptors (Lipinski definition) is 3. The van der Waals surface area contributed by atoms with Gasteiger partial charge >= 0.3 is 5.97 Å². The summed E-state index contributed by atoms with van der Waals surface area (Å²) in [5, 5.41) is 7.41. The molecule has 0 rings (SSSR count). The summed E-state index contributed by atoms with van der Waals surface area (Å²) in [6.45, 7) is 3.60. The van der Waals surface area contributed by atoms with Crippen LogP contribution >= 0.6 is 11.6 Å². The third-order valence-corrected chi connectivity index (χ3v) is 1.57. The van der Waals surface area contributed by atoms with Gasteiger partial charge in [0, 0.05) is 6.61 Å². The lowest BCUT2D eigenvalue weighted by molar-refractivity contribution is -0.137. The normalized spacial score (nSPS) is 12.8. The smallest absolute Gasteiger partial charge is 0.324 e. The van der Waals surface area contributed by atoms with Crippen LogP contribution < -0.4 is 0 Å². The van der Waals surface area contributed by atoms with Crippen molar-refractivity contribution >= 4 is 17.6 Å². The Labute approximate surface area is 82.8 Å². The van der Waals surface area contributed by atoms with Crippen molar-refractivity contribution in [3.05, 3.63) is 0 Å². The van der Waals surface area contributed by atoms with Crippen LogP contribution in [-0.4, -0.2) is 42.9 Å². The van der Waals surface area contributed by atoms with Crippen LogP contribution in [0.15, 0.2) is 0 Å². The van der Waals surface area contributed by atoms with E-state index in [2.05, 4.69) is 0 Å². The van der Waals surface area contributed by atoms with Gasteiger partial charge in [-0.25, -0.2) is 0 Å². The van der Waals surface area contributed by atoms with E-state index in [9.17, 15) is 4.79 Å². The number of ether oxygens (including phenoxy) is 2. The monoisotopic (exact) mass is 210 g/mol. The van der Waals surface area contributed by atoms with Crippen LogP contribution in [0.4, 0.5) is 0 Å². The van der Waals surface area contributed by atoms with Gasteiger partial charge in [0.05, 0.1) is 19.8 Å². The number of halogens is 1. The summed E-state index contributed by atoms with van der Waals surface area (Å²) in [6.07, 6.45) is 0.966. The van der Waals surface area contributed by atoms with E-state index in [0.717, 1.165) is 6.42 Å². The summed E-state index contributed by atoms with van der Waals surface area (Å²) in [4.78, 5) is 10.2. The zero-order valence-electron chi connectivity index (χ0n) is 7.66. The van der Waals surface area contributed by atoms with E-state index in [1.165, 1.54) is 0 Å². The maximum Gasteiger partial charge on any atom is 0.324 e. The first-order valence-corrected chi connectivity index (χ1v) is 4.64. The highest BCUT2D eigenvalue weighted by molar-refractivity contribution is 6.29. The van der Waals surface area contributed by atoms with Crippen molar-refractivity contribution in [3.63, 3.8) is 0 Å². The fourth-order valence-electron chi connectivity index (χ4n) is 0.622. The Hall–Kier alpha value is -0.320. The minimum Gasteiger partial charge on any atom is -0.480 e. The predicted octanol–water partition coefficient (Wildman–Crippen LogP) is 1.12. The fourth-order valence-corrected chi connectivity index (χ4v) is 0.711. The number of hydrogen-bond donors (Lipinski definition) is 1. The van der Waals surface area contributed by atoms with Crippen molar-refractivity contribution in [2.75, 3.05) is 26.4 Å². The topological polar surface area (TPSA) is 55.8 Å². The van der Waals surface area contributed by atoms with Crippen LogP contribution in [0.5, 0.6) is 0 Å². The summed E-state index contributed by atoms with van der Waals surface area (Å²) in [5.41, 5.74) is 0. The number of aliphatic carboxylic acids is 1. The van der Waals surface area contributed by atoms with Crippen LogP contribution in [-0.2, 0) is 14.3 Å². The average molecular weight is 211 g/mol. The number of alkyl halides is 1. The Morgan fingerprint density at radius 1 is 1.38 bits per heavy atom. The van der Waals surface area contributed by atoms with Gasteiger partial charge in [-0.05, 0) is 6.42 Å². The maximum absolute atomic E-state index is 10.2. The molecule has 0 bridgehead atoms. The largest absolute Gasteiger partial charge is 0.480 e. The van der Waals surface area contributed by atoms with E-state index in [4.69, 9.17) is 26.2 Å². The van der Waals surface area contributed by atoms with Crippen molar-refractivity contribution in [2.24, 2.45) is 0 Å². The number of carbonyl (C=O) groups is 1. The molecule has 0 radical (unpaired) electrons. The molecule has 0 aromatic rings. The summed E-state index contributed by atoms with van der Waals surface area (Å²) in [6, 6.07) is 0. The Kier molecular flexibility index (Phi) is 8.08. The molecule has 1 atom stereocenters. The molecular formula is C8H15ClO4. The molecule has 0 fully saturated rings. The summed E-state index contributed by atoms with van der Waals surface area (Å²) in [7, 11) is 0. The summed E-state index contributed by atoms with van der Waals surface area (Å²) < 4.78 is 10.1. The lowest BCUT2D eigenvalue weighted by Crippen LogP contribution is -2.21. The molecule has 0 saturated carbocycles. The zero-order chi connectivity index (χ0) is 10.1. The molecule has 0 heterocycles. The van der Waals surface area contributed by atoms with Crippen LogP contribution in [0.1, 0.15) is 13.3 Å². The summed E-state index contributed by atoms with van der Waals surface area (Å²) in [5.74, 6) is -1.06. The van der Waals surface area contributed by atoms with E-state index in [1.54, 1.807) is 0 Å². The molecule has 0 aliphatic carbocycles. The van der Waals surface area contributed by atoms with Gasteiger partial charge in [-0.2, -0.15) is 0 Å². The Morgan fingerprint density at radius 3 is 2.54 bits per heavy atom. The maximum atomic E-state index is 10.2. The van der Waals surface area contributed by atoms with E-state index >= 15 is 0 Å². The number of carboxylic acid groups (broad SMARTS) is 1. The summed E-state index contributed by atoms with van der Waals surface area (Å²) >= 11 is 5.39. The molecule has 4 nitrogen and oxygen atoms in total.